The Morgan fingerprint density at radius 2 is 2.07 bits per heavy atom. The van der Waals surface area contributed by atoms with Crippen molar-refractivity contribution in [3.63, 3.8) is 0 Å². The van der Waals surface area contributed by atoms with Gasteiger partial charge in [-0.15, -0.1) is 11.3 Å². The van der Waals surface area contributed by atoms with Gasteiger partial charge in [0, 0.05) is 9.58 Å². The van der Waals surface area contributed by atoms with Crippen LogP contribution in [0.25, 0.3) is 16.2 Å². The lowest BCUT2D eigenvalue weighted by molar-refractivity contribution is 1.23. The van der Waals surface area contributed by atoms with Crippen molar-refractivity contribution in [1.82, 2.24) is 0 Å². The van der Waals surface area contributed by atoms with Gasteiger partial charge in [0.2, 0.25) is 0 Å². The van der Waals surface area contributed by atoms with Crippen molar-refractivity contribution in [2.24, 2.45) is 0 Å². The highest BCUT2D eigenvalue weighted by Gasteiger charge is 2.05. The second kappa shape index (κ2) is 4.19. The normalized spacial score (nSPS) is 11.7. The molecule has 0 fully saturated rings. The van der Waals surface area contributed by atoms with Gasteiger partial charge >= 0.3 is 0 Å². The number of benzene rings is 1. The highest BCUT2D eigenvalue weighted by Crippen LogP contribution is 2.32. The van der Waals surface area contributed by atoms with E-state index in [9.17, 15) is 0 Å². The van der Waals surface area contributed by atoms with Crippen LogP contribution in [-0.4, -0.2) is 0 Å². The lowest BCUT2D eigenvalue weighted by atomic mass is 10.1. The number of fused-ring (bicyclic) bond motifs is 1. The fourth-order valence-electron chi connectivity index (χ4n) is 1.79. The topological polar surface area (TPSA) is 0 Å². The molecule has 0 saturated heterocycles. The molecule has 0 nitrogen and oxygen atoms in total. The zero-order chi connectivity index (χ0) is 10.8. The van der Waals surface area contributed by atoms with Gasteiger partial charge in [0.1, 0.15) is 0 Å². The van der Waals surface area contributed by atoms with E-state index in [1.165, 1.54) is 26.1 Å². The molecule has 1 aromatic carbocycles. The molecule has 0 radical (unpaired) electrons. The van der Waals surface area contributed by atoms with Gasteiger partial charge in [-0.05, 0) is 42.8 Å². The first-order chi connectivity index (χ1) is 7.22. The Bertz CT molecular complexity index is 503. The van der Waals surface area contributed by atoms with Crippen LogP contribution in [0.2, 0.25) is 0 Å². The molecule has 0 atom stereocenters. The third kappa shape index (κ3) is 1.98. The number of hydrogen-bond donors (Lipinski definition) is 0. The molecule has 0 unspecified atom stereocenters. The first-order valence-corrected chi connectivity index (χ1v) is 6.20. The Hall–Kier alpha value is -1.08. The van der Waals surface area contributed by atoms with Gasteiger partial charge in [-0.1, -0.05) is 31.2 Å². The molecular weight excluding hydrogens is 200 g/mol. The molecule has 0 N–H and O–H groups in total. The summed E-state index contributed by atoms with van der Waals surface area (Å²) in [5, 5.41) is 1.40. The van der Waals surface area contributed by atoms with Gasteiger partial charge < -0.3 is 0 Å². The average Bonchev–Trinajstić information content (AvgIpc) is 2.50. The highest BCUT2D eigenvalue weighted by atomic mass is 32.1. The zero-order valence-corrected chi connectivity index (χ0v) is 10.3. The molecular formula is C14H16S. The Labute approximate surface area is 95.3 Å². The molecule has 15 heavy (non-hydrogen) atoms. The molecule has 78 valence electrons. The number of hydrogen-bond acceptors (Lipinski definition) is 1. The second-order valence-corrected chi connectivity index (χ2v) is 5.14. The van der Waals surface area contributed by atoms with Gasteiger partial charge in [-0.2, -0.15) is 0 Å². The summed E-state index contributed by atoms with van der Waals surface area (Å²) in [7, 11) is 0. The largest absolute Gasteiger partial charge is 0.140 e. The molecule has 0 aliphatic carbocycles. The highest BCUT2D eigenvalue weighted by molar-refractivity contribution is 7.19. The number of rotatable bonds is 2. The van der Waals surface area contributed by atoms with Crippen molar-refractivity contribution >= 4 is 27.5 Å². The summed E-state index contributed by atoms with van der Waals surface area (Å²) in [6, 6.07) is 6.71. The zero-order valence-electron chi connectivity index (χ0n) is 9.50. The van der Waals surface area contributed by atoms with Crippen molar-refractivity contribution < 1.29 is 0 Å². The maximum Gasteiger partial charge on any atom is 0.0354 e. The van der Waals surface area contributed by atoms with Gasteiger partial charge in [0.15, 0.2) is 0 Å². The van der Waals surface area contributed by atoms with Crippen molar-refractivity contribution in [1.29, 1.82) is 0 Å². The Morgan fingerprint density at radius 3 is 2.80 bits per heavy atom. The SMILES string of the molecule is CC/C=C\c1c(C)sc2cc(C)ccc12. The third-order valence-electron chi connectivity index (χ3n) is 2.59. The van der Waals surface area contributed by atoms with Crippen LogP contribution < -0.4 is 0 Å². The summed E-state index contributed by atoms with van der Waals surface area (Å²) >= 11 is 1.89. The maximum absolute atomic E-state index is 2.27. The van der Waals surface area contributed by atoms with Crippen molar-refractivity contribution in [3.8, 4) is 0 Å². The minimum atomic E-state index is 1.10. The Morgan fingerprint density at radius 1 is 1.27 bits per heavy atom. The fourth-order valence-corrected chi connectivity index (χ4v) is 2.94. The summed E-state index contributed by atoms with van der Waals surface area (Å²) in [5.74, 6) is 0. The van der Waals surface area contributed by atoms with Crippen LogP contribution in [0, 0.1) is 13.8 Å². The number of aryl methyl sites for hydroxylation is 2. The van der Waals surface area contributed by atoms with Gasteiger partial charge in [-0.3, -0.25) is 0 Å². The summed E-state index contributed by atoms with van der Waals surface area (Å²) in [6.45, 7) is 6.52. The molecule has 2 rings (SSSR count). The van der Waals surface area contributed by atoms with E-state index in [0.29, 0.717) is 0 Å². The summed E-state index contributed by atoms with van der Waals surface area (Å²) in [6.07, 6.45) is 5.58. The minimum Gasteiger partial charge on any atom is -0.140 e. The van der Waals surface area contributed by atoms with E-state index in [1.807, 2.05) is 11.3 Å². The predicted octanol–water partition coefficient (Wildman–Crippen LogP) is 4.94. The lowest BCUT2D eigenvalue weighted by Gasteiger charge is -1.95. The van der Waals surface area contributed by atoms with Crippen molar-refractivity contribution in [3.05, 3.63) is 40.3 Å². The lowest BCUT2D eigenvalue weighted by Crippen LogP contribution is -1.73. The van der Waals surface area contributed by atoms with E-state index in [0.717, 1.165) is 6.42 Å². The molecule has 0 amide bonds. The molecule has 2 aromatic rings. The molecule has 0 bridgehead atoms. The summed E-state index contributed by atoms with van der Waals surface area (Å²) in [4.78, 5) is 1.42. The predicted molar refractivity (Wildman–Crippen MR) is 70.6 cm³/mol. The van der Waals surface area contributed by atoms with E-state index in [1.54, 1.807) is 0 Å². The number of allylic oxidation sites excluding steroid dienone is 1. The second-order valence-electron chi connectivity index (χ2n) is 3.88. The van der Waals surface area contributed by atoms with E-state index in [4.69, 9.17) is 0 Å². The molecule has 0 spiro atoms. The van der Waals surface area contributed by atoms with Crippen LogP contribution >= 0.6 is 11.3 Å². The molecule has 1 aromatic heterocycles. The van der Waals surface area contributed by atoms with Crippen LogP contribution in [0.15, 0.2) is 24.3 Å². The van der Waals surface area contributed by atoms with E-state index in [-0.39, 0.29) is 0 Å². The Kier molecular flexibility index (Phi) is 2.92. The minimum absolute atomic E-state index is 1.10. The molecule has 0 saturated carbocycles. The molecule has 0 aliphatic heterocycles. The monoisotopic (exact) mass is 216 g/mol. The molecule has 1 heteroatoms. The summed E-state index contributed by atoms with van der Waals surface area (Å²) in [5.41, 5.74) is 2.74. The summed E-state index contributed by atoms with van der Waals surface area (Å²) < 4.78 is 1.41. The first kappa shape index (κ1) is 10.4. The standard InChI is InChI=1S/C14H16S/c1-4-5-6-12-11(3)15-14-9-10(2)7-8-13(12)14/h5-9H,4H2,1-3H3/b6-5-. The molecule has 0 aliphatic rings. The van der Waals surface area contributed by atoms with E-state index in [2.05, 4.69) is 51.1 Å². The number of thiophene rings is 1. The Balaban J connectivity index is 2.63. The first-order valence-electron chi connectivity index (χ1n) is 5.38. The third-order valence-corrected chi connectivity index (χ3v) is 3.67. The van der Waals surface area contributed by atoms with Crippen molar-refractivity contribution in [2.45, 2.75) is 27.2 Å². The smallest absolute Gasteiger partial charge is 0.0354 e. The van der Waals surface area contributed by atoms with Crippen LogP contribution in [0.1, 0.15) is 29.3 Å². The van der Waals surface area contributed by atoms with Crippen LogP contribution in [0.4, 0.5) is 0 Å². The van der Waals surface area contributed by atoms with Gasteiger partial charge in [0.25, 0.3) is 0 Å². The van der Waals surface area contributed by atoms with Crippen molar-refractivity contribution in [2.75, 3.05) is 0 Å². The van der Waals surface area contributed by atoms with E-state index >= 15 is 0 Å². The molecule has 1 heterocycles. The fraction of sp³-hybridized carbons (Fsp3) is 0.286. The van der Waals surface area contributed by atoms with Crippen LogP contribution in [0.5, 0.6) is 0 Å². The van der Waals surface area contributed by atoms with Crippen LogP contribution in [-0.2, 0) is 0 Å². The van der Waals surface area contributed by atoms with Crippen LogP contribution in [0.3, 0.4) is 0 Å². The van der Waals surface area contributed by atoms with Gasteiger partial charge in [-0.25, -0.2) is 0 Å². The maximum atomic E-state index is 2.27. The van der Waals surface area contributed by atoms with E-state index < -0.39 is 0 Å². The van der Waals surface area contributed by atoms with Gasteiger partial charge in [0.05, 0.1) is 0 Å². The quantitative estimate of drug-likeness (QED) is 0.667. The average molecular weight is 216 g/mol.